The monoisotopic (exact) mass is 387 g/mol. The highest BCUT2D eigenvalue weighted by Crippen LogP contribution is 2.30. The van der Waals surface area contributed by atoms with E-state index < -0.39 is 0 Å². The van der Waals surface area contributed by atoms with Crippen LogP contribution in [0.15, 0.2) is 42.5 Å². The van der Waals surface area contributed by atoms with E-state index >= 15 is 0 Å². The highest BCUT2D eigenvalue weighted by Gasteiger charge is 2.23. The summed E-state index contributed by atoms with van der Waals surface area (Å²) in [5.41, 5.74) is 2.83. The summed E-state index contributed by atoms with van der Waals surface area (Å²) in [6.07, 6.45) is 0.124. The first-order valence-corrected chi connectivity index (χ1v) is 9.64. The Morgan fingerprint density at radius 1 is 1.11 bits per heavy atom. The zero-order valence-electron chi connectivity index (χ0n) is 16.0. The number of urea groups is 1. The Kier molecular flexibility index (Phi) is 6.11. The minimum absolute atomic E-state index is 0.0910. The summed E-state index contributed by atoms with van der Waals surface area (Å²) in [6.45, 7) is 8.84. The molecule has 5 nitrogen and oxygen atoms in total. The van der Waals surface area contributed by atoms with Crippen molar-refractivity contribution in [2.24, 2.45) is 0 Å². The lowest BCUT2D eigenvalue weighted by Crippen LogP contribution is -2.50. The normalized spacial score (nSPS) is 14.4. The SMILES string of the molecule is Cc1ccc(Cl)cc1NC(=O)N1CCN(c2ccccc2OC(C)C)CC1. The molecule has 2 aromatic carbocycles. The van der Waals surface area contributed by atoms with Gasteiger partial charge in [0.05, 0.1) is 11.8 Å². The zero-order chi connectivity index (χ0) is 19.4. The number of halogens is 1. The van der Waals surface area contributed by atoms with Crippen LogP contribution in [0.5, 0.6) is 5.75 Å². The number of carbonyl (C=O) groups is 1. The predicted octanol–water partition coefficient (Wildman–Crippen LogP) is 4.79. The summed E-state index contributed by atoms with van der Waals surface area (Å²) in [5, 5.41) is 3.59. The van der Waals surface area contributed by atoms with Gasteiger partial charge >= 0.3 is 6.03 Å². The second kappa shape index (κ2) is 8.53. The summed E-state index contributed by atoms with van der Waals surface area (Å²) < 4.78 is 5.93. The Morgan fingerprint density at radius 3 is 2.52 bits per heavy atom. The van der Waals surface area contributed by atoms with Crippen molar-refractivity contribution in [3.8, 4) is 5.75 Å². The number of benzene rings is 2. The molecule has 0 radical (unpaired) electrons. The van der Waals surface area contributed by atoms with Crippen LogP contribution in [0.1, 0.15) is 19.4 Å². The molecule has 1 saturated heterocycles. The van der Waals surface area contributed by atoms with E-state index in [1.165, 1.54) is 0 Å². The number of carbonyl (C=O) groups excluding carboxylic acids is 1. The first-order chi connectivity index (χ1) is 12.9. The fourth-order valence-corrected chi connectivity index (χ4v) is 3.32. The lowest BCUT2D eigenvalue weighted by Gasteiger charge is -2.36. The van der Waals surface area contributed by atoms with Crippen LogP contribution in [0.3, 0.4) is 0 Å². The molecule has 1 fully saturated rings. The third-order valence-electron chi connectivity index (χ3n) is 4.58. The third kappa shape index (κ3) is 4.86. The number of anilines is 2. The number of amides is 2. The van der Waals surface area contributed by atoms with E-state index in [2.05, 4.69) is 16.3 Å². The number of piperazine rings is 1. The van der Waals surface area contributed by atoms with Crippen LogP contribution >= 0.6 is 11.6 Å². The molecule has 0 unspecified atom stereocenters. The van der Waals surface area contributed by atoms with Crippen LogP contribution in [0.4, 0.5) is 16.2 Å². The predicted molar refractivity (Wildman–Crippen MR) is 111 cm³/mol. The quantitative estimate of drug-likeness (QED) is 0.820. The molecule has 27 heavy (non-hydrogen) atoms. The molecule has 1 N–H and O–H groups in total. The van der Waals surface area contributed by atoms with Crippen LogP contribution in [0.2, 0.25) is 5.02 Å². The Bertz CT molecular complexity index is 802. The van der Waals surface area contributed by atoms with E-state index in [-0.39, 0.29) is 12.1 Å². The number of nitrogens with zero attached hydrogens (tertiary/aromatic N) is 2. The minimum atomic E-state index is -0.0910. The summed E-state index contributed by atoms with van der Waals surface area (Å²) in [7, 11) is 0. The molecular formula is C21H26ClN3O2. The molecule has 3 rings (SSSR count). The van der Waals surface area contributed by atoms with E-state index in [1.807, 2.05) is 56.0 Å². The van der Waals surface area contributed by atoms with Crippen molar-refractivity contribution in [1.82, 2.24) is 4.90 Å². The number of ether oxygens (including phenoxy) is 1. The Labute approximate surface area is 165 Å². The van der Waals surface area contributed by atoms with Gasteiger partial charge in [-0.25, -0.2) is 4.79 Å². The van der Waals surface area contributed by atoms with Crippen molar-refractivity contribution in [3.05, 3.63) is 53.1 Å². The molecule has 0 saturated carbocycles. The lowest BCUT2D eigenvalue weighted by atomic mass is 10.2. The van der Waals surface area contributed by atoms with Gasteiger partial charge in [0.1, 0.15) is 5.75 Å². The minimum Gasteiger partial charge on any atom is -0.489 e. The van der Waals surface area contributed by atoms with Crippen LogP contribution in [-0.4, -0.2) is 43.2 Å². The van der Waals surface area contributed by atoms with Crippen molar-refractivity contribution >= 4 is 29.0 Å². The van der Waals surface area contributed by atoms with E-state index in [0.29, 0.717) is 18.1 Å². The van der Waals surface area contributed by atoms with Gasteiger partial charge in [-0.15, -0.1) is 0 Å². The molecule has 2 aromatic rings. The van der Waals surface area contributed by atoms with Gasteiger partial charge in [-0.05, 0) is 50.6 Å². The average Bonchev–Trinajstić information content (AvgIpc) is 2.65. The Hall–Kier alpha value is -2.40. The van der Waals surface area contributed by atoms with Crippen LogP contribution in [0.25, 0.3) is 0 Å². The highest BCUT2D eigenvalue weighted by molar-refractivity contribution is 6.31. The Balaban J connectivity index is 1.62. The number of hydrogen-bond donors (Lipinski definition) is 1. The van der Waals surface area contributed by atoms with Gasteiger partial charge in [0.2, 0.25) is 0 Å². The largest absolute Gasteiger partial charge is 0.489 e. The van der Waals surface area contributed by atoms with Gasteiger partial charge in [0.25, 0.3) is 0 Å². The van der Waals surface area contributed by atoms with E-state index in [9.17, 15) is 4.79 Å². The van der Waals surface area contributed by atoms with Crippen molar-refractivity contribution < 1.29 is 9.53 Å². The molecule has 144 valence electrons. The average molecular weight is 388 g/mol. The van der Waals surface area contributed by atoms with Crippen LogP contribution in [-0.2, 0) is 0 Å². The molecule has 2 amide bonds. The molecule has 6 heteroatoms. The van der Waals surface area contributed by atoms with E-state index in [0.717, 1.165) is 35.8 Å². The highest BCUT2D eigenvalue weighted by atomic mass is 35.5. The maximum atomic E-state index is 12.6. The van der Waals surface area contributed by atoms with Gasteiger partial charge in [0.15, 0.2) is 0 Å². The molecule has 1 aliphatic rings. The van der Waals surface area contributed by atoms with Crippen LogP contribution < -0.4 is 15.0 Å². The zero-order valence-corrected chi connectivity index (χ0v) is 16.8. The van der Waals surface area contributed by atoms with Gasteiger partial charge in [-0.2, -0.15) is 0 Å². The number of nitrogens with one attached hydrogen (secondary N) is 1. The van der Waals surface area contributed by atoms with Crippen molar-refractivity contribution in [3.63, 3.8) is 0 Å². The lowest BCUT2D eigenvalue weighted by molar-refractivity contribution is 0.207. The first kappa shape index (κ1) is 19.4. The molecule has 1 aliphatic heterocycles. The fourth-order valence-electron chi connectivity index (χ4n) is 3.15. The third-order valence-corrected chi connectivity index (χ3v) is 4.81. The van der Waals surface area contributed by atoms with E-state index in [4.69, 9.17) is 16.3 Å². The fraction of sp³-hybridized carbons (Fsp3) is 0.381. The van der Waals surface area contributed by atoms with Crippen molar-refractivity contribution in [2.45, 2.75) is 26.9 Å². The van der Waals surface area contributed by atoms with Gasteiger partial charge < -0.3 is 19.9 Å². The summed E-state index contributed by atoms with van der Waals surface area (Å²) in [6, 6.07) is 13.5. The molecule has 0 bridgehead atoms. The summed E-state index contributed by atoms with van der Waals surface area (Å²) in [5.74, 6) is 0.889. The van der Waals surface area contributed by atoms with Crippen molar-refractivity contribution in [1.29, 1.82) is 0 Å². The second-order valence-electron chi connectivity index (χ2n) is 7.00. The summed E-state index contributed by atoms with van der Waals surface area (Å²) >= 11 is 6.04. The molecule has 0 aromatic heterocycles. The van der Waals surface area contributed by atoms with Crippen LogP contribution in [0, 0.1) is 6.92 Å². The van der Waals surface area contributed by atoms with Crippen molar-refractivity contribution in [2.75, 3.05) is 36.4 Å². The molecule has 0 atom stereocenters. The van der Waals surface area contributed by atoms with Gasteiger partial charge in [0, 0.05) is 36.9 Å². The number of hydrogen-bond acceptors (Lipinski definition) is 3. The first-order valence-electron chi connectivity index (χ1n) is 9.27. The Morgan fingerprint density at radius 2 is 1.81 bits per heavy atom. The molecular weight excluding hydrogens is 362 g/mol. The second-order valence-corrected chi connectivity index (χ2v) is 7.43. The maximum absolute atomic E-state index is 12.6. The molecule has 0 spiro atoms. The maximum Gasteiger partial charge on any atom is 0.321 e. The smallest absolute Gasteiger partial charge is 0.321 e. The van der Waals surface area contributed by atoms with Gasteiger partial charge in [-0.1, -0.05) is 29.8 Å². The molecule has 1 heterocycles. The summed E-state index contributed by atoms with van der Waals surface area (Å²) in [4.78, 5) is 16.7. The number of rotatable bonds is 4. The molecule has 0 aliphatic carbocycles. The number of para-hydroxylation sites is 2. The number of aryl methyl sites for hydroxylation is 1. The van der Waals surface area contributed by atoms with Gasteiger partial charge in [-0.3, -0.25) is 0 Å². The topological polar surface area (TPSA) is 44.8 Å². The van der Waals surface area contributed by atoms with E-state index in [1.54, 1.807) is 6.07 Å². The standard InChI is InChI=1S/C21H26ClN3O2/c1-15(2)27-20-7-5-4-6-19(20)24-10-12-25(13-11-24)21(26)23-18-14-17(22)9-8-16(18)3/h4-9,14-15H,10-13H2,1-3H3,(H,23,26).